The van der Waals surface area contributed by atoms with Crippen LogP contribution in [0.25, 0.3) is 5.65 Å². The molecule has 1 aromatic carbocycles. The highest BCUT2D eigenvalue weighted by atomic mass is 19.1. The lowest BCUT2D eigenvalue weighted by molar-refractivity contribution is 0.477. The molecule has 2 aromatic heterocycles. The Morgan fingerprint density at radius 2 is 1.95 bits per heavy atom. The van der Waals surface area contributed by atoms with Gasteiger partial charge in [-0.15, -0.1) is 10.2 Å². The molecule has 5 nitrogen and oxygen atoms in total. The van der Waals surface area contributed by atoms with Crippen LogP contribution in [0.2, 0.25) is 0 Å². The van der Waals surface area contributed by atoms with Crippen molar-refractivity contribution in [2.45, 2.75) is 6.92 Å². The fraction of sp³-hybridized carbons (Fsp3) is 0.0714. The predicted octanol–water partition coefficient (Wildman–Crippen LogP) is 3.90. The Kier molecular flexibility index (Phi) is 2.90. The summed E-state index contributed by atoms with van der Waals surface area (Å²) in [5.41, 5.74) is 1.15. The van der Waals surface area contributed by atoms with E-state index in [1.54, 1.807) is 41.8 Å². The summed E-state index contributed by atoms with van der Waals surface area (Å²) in [6.07, 6.45) is 1.71. The lowest BCUT2D eigenvalue weighted by Gasteiger charge is -1.98. The fourth-order valence-electron chi connectivity index (χ4n) is 1.91. The monoisotopic (exact) mass is 270 g/mol. The Morgan fingerprint density at radius 3 is 2.75 bits per heavy atom. The number of imidazole rings is 1. The van der Waals surface area contributed by atoms with Crippen molar-refractivity contribution in [2.24, 2.45) is 10.2 Å². The van der Waals surface area contributed by atoms with Gasteiger partial charge in [-0.3, -0.25) is 4.40 Å². The molecule has 20 heavy (non-hydrogen) atoms. The lowest BCUT2D eigenvalue weighted by atomic mass is 10.3. The summed E-state index contributed by atoms with van der Waals surface area (Å²) in [6, 6.07) is 9.35. The van der Waals surface area contributed by atoms with Gasteiger partial charge in [0.05, 0.1) is 5.69 Å². The van der Waals surface area contributed by atoms with Crippen molar-refractivity contribution in [1.82, 2.24) is 9.38 Å². The van der Waals surface area contributed by atoms with Crippen molar-refractivity contribution in [3.63, 3.8) is 0 Å². The second-order valence-corrected chi connectivity index (χ2v) is 4.26. The fourth-order valence-corrected chi connectivity index (χ4v) is 1.91. The number of rotatable bonds is 2. The number of hydrogen-bond acceptors (Lipinski definition) is 4. The van der Waals surface area contributed by atoms with Gasteiger partial charge in [-0.05, 0) is 31.2 Å². The quantitative estimate of drug-likeness (QED) is 0.718. The molecule has 0 saturated heterocycles. The number of halogens is 1. The molecule has 0 bridgehead atoms. The van der Waals surface area contributed by atoms with E-state index in [2.05, 4.69) is 15.2 Å². The average molecular weight is 270 g/mol. The molecule has 3 rings (SSSR count). The van der Waals surface area contributed by atoms with Crippen molar-refractivity contribution >= 4 is 17.2 Å². The number of nitrogens with zero attached hydrogens (tertiary/aromatic N) is 4. The molecule has 0 atom stereocenters. The van der Waals surface area contributed by atoms with Gasteiger partial charge in [0, 0.05) is 6.20 Å². The second-order valence-electron chi connectivity index (χ2n) is 4.26. The number of aryl methyl sites for hydroxylation is 1. The van der Waals surface area contributed by atoms with Gasteiger partial charge in [-0.2, -0.15) is 0 Å². The van der Waals surface area contributed by atoms with Crippen molar-refractivity contribution < 1.29 is 9.50 Å². The van der Waals surface area contributed by atoms with Crippen LogP contribution in [0.5, 0.6) is 5.75 Å². The summed E-state index contributed by atoms with van der Waals surface area (Å²) in [7, 11) is 0. The van der Waals surface area contributed by atoms with Gasteiger partial charge in [-0.25, -0.2) is 9.37 Å². The van der Waals surface area contributed by atoms with Gasteiger partial charge in [-0.1, -0.05) is 12.1 Å². The van der Waals surface area contributed by atoms with E-state index in [-0.39, 0.29) is 11.4 Å². The van der Waals surface area contributed by atoms with Crippen molar-refractivity contribution in [3.05, 3.63) is 54.1 Å². The smallest absolute Gasteiger partial charge is 0.182 e. The minimum Gasteiger partial charge on any atom is -0.504 e. The van der Waals surface area contributed by atoms with Crippen LogP contribution in [-0.2, 0) is 0 Å². The molecule has 0 aliphatic rings. The summed E-state index contributed by atoms with van der Waals surface area (Å²) in [5.74, 6) is 0.0765. The van der Waals surface area contributed by atoms with Crippen LogP contribution in [0, 0.1) is 12.7 Å². The van der Waals surface area contributed by atoms with E-state index >= 15 is 0 Å². The Balaban J connectivity index is 2.10. The van der Waals surface area contributed by atoms with Gasteiger partial charge in [0.25, 0.3) is 0 Å². The van der Waals surface area contributed by atoms with Crippen LogP contribution < -0.4 is 0 Å². The van der Waals surface area contributed by atoms with Crippen molar-refractivity contribution in [3.8, 4) is 5.75 Å². The predicted molar refractivity (Wildman–Crippen MR) is 72.2 cm³/mol. The molecule has 6 heteroatoms. The van der Waals surface area contributed by atoms with E-state index in [1.165, 1.54) is 12.1 Å². The van der Waals surface area contributed by atoms with Crippen molar-refractivity contribution in [1.29, 1.82) is 0 Å². The van der Waals surface area contributed by atoms with E-state index in [0.717, 1.165) is 0 Å². The molecule has 0 aliphatic heterocycles. The molecule has 2 heterocycles. The van der Waals surface area contributed by atoms with E-state index in [9.17, 15) is 9.50 Å². The molecule has 100 valence electrons. The molecule has 0 spiro atoms. The maximum absolute atomic E-state index is 13.5. The maximum Gasteiger partial charge on any atom is 0.182 e. The SMILES string of the molecule is Cc1nc2c(O)cccn2c1N=Nc1ccccc1F. The molecule has 0 aliphatic carbocycles. The van der Waals surface area contributed by atoms with E-state index in [0.29, 0.717) is 17.2 Å². The van der Waals surface area contributed by atoms with Crippen LogP contribution in [-0.4, -0.2) is 14.5 Å². The Hall–Kier alpha value is -2.76. The zero-order valence-electron chi connectivity index (χ0n) is 10.7. The third-order valence-corrected chi connectivity index (χ3v) is 2.88. The third-order valence-electron chi connectivity index (χ3n) is 2.88. The highest BCUT2D eigenvalue weighted by Gasteiger charge is 2.10. The molecule has 0 fully saturated rings. The molecular weight excluding hydrogens is 259 g/mol. The average Bonchev–Trinajstić information content (AvgIpc) is 2.76. The van der Waals surface area contributed by atoms with Crippen LogP contribution in [0.1, 0.15) is 5.69 Å². The van der Waals surface area contributed by atoms with Gasteiger partial charge in [0.2, 0.25) is 0 Å². The number of azo groups is 1. The zero-order chi connectivity index (χ0) is 14.1. The number of aromatic hydroxyl groups is 1. The summed E-state index contributed by atoms with van der Waals surface area (Å²) >= 11 is 0. The summed E-state index contributed by atoms with van der Waals surface area (Å²) in [4.78, 5) is 4.21. The molecule has 0 saturated carbocycles. The van der Waals surface area contributed by atoms with E-state index < -0.39 is 5.82 Å². The van der Waals surface area contributed by atoms with Crippen LogP contribution >= 0.6 is 0 Å². The third kappa shape index (κ3) is 2.01. The lowest BCUT2D eigenvalue weighted by Crippen LogP contribution is -1.82. The first kappa shape index (κ1) is 12.3. The molecule has 1 N–H and O–H groups in total. The number of aromatic nitrogens is 2. The highest BCUT2D eigenvalue weighted by Crippen LogP contribution is 2.27. The summed E-state index contributed by atoms with van der Waals surface area (Å²) < 4.78 is 15.1. The Bertz CT molecular complexity index is 810. The van der Waals surface area contributed by atoms with Crippen LogP contribution in [0.15, 0.2) is 52.8 Å². The van der Waals surface area contributed by atoms with Gasteiger partial charge in [0.15, 0.2) is 23.0 Å². The molecule has 0 radical (unpaired) electrons. The minimum atomic E-state index is -0.439. The molecule has 3 aromatic rings. The normalized spacial score (nSPS) is 11.5. The number of fused-ring (bicyclic) bond motifs is 1. The highest BCUT2D eigenvalue weighted by molar-refractivity contribution is 5.59. The molecule has 0 amide bonds. The second kappa shape index (κ2) is 4.73. The largest absolute Gasteiger partial charge is 0.504 e. The topological polar surface area (TPSA) is 62.2 Å². The van der Waals surface area contributed by atoms with Crippen LogP contribution in [0.4, 0.5) is 15.9 Å². The Morgan fingerprint density at radius 1 is 1.15 bits per heavy atom. The Labute approximate surface area is 114 Å². The first-order valence-corrected chi connectivity index (χ1v) is 6.00. The number of hydrogen-bond donors (Lipinski definition) is 1. The number of pyridine rings is 1. The zero-order valence-corrected chi connectivity index (χ0v) is 10.7. The van der Waals surface area contributed by atoms with Gasteiger partial charge in [0.1, 0.15) is 5.69 Å². The minimum absolute atomic E-state index is 0.0583. The summed E-state index contributed by atoms with van der Waals surface area (Å²) in [5, 5.41) is 17.7. The molecule has 0 unspecified atom stereocenters. The number of benzene rings is 1. The first-order chi connectivity index (χ1) is 9.66. The van der Waals surface area contributed by atoms with E-state index in [4.69, 9.17) is 0 Å². The van der Waals surface area contributed by atoms with Gasteiger partial charge < -0.3 is 5.11 Å². The first-order valence-electron chi connectivity index (χ1n) is 6.00. The van der Waals surface area contributed by atoms with E-state index in [1.807, 2.05) is 0 Å². The maximum atomic E-state index is 13.5. The summed E-state index contributed by atoms with van der Waals surface area (Å²) in [6.45, 7) is 1.75. The standard InChI is InChI=1S/C14H11FN4O/c1-9-13(18-17-11-6-3-2-5-10(11)15)19-8-4-7-12(20)14(19)16-9/h2-8,20H,1H3. The molecular formula is C14H11FN4O. The van der Waals surface area contributed by atoms with Crippen LogP contribution in [0.3, 0.4) is 0 Å². The van der Waals surface area contributed by atoms with Gasteiger partial charge >= 0.3 is 0 Å². The van der Waals surface area contributed by atoms with Crippen molar-refractivity contribution in [2.75, 3.05) is 0 Å².